The van der Waals surface area contributed by atoms with Gasteiger partial charge in [-0.25, -0.2) is 4.79 Å². The van der Waals surface area contributed by atoms with Gasteiger partial charge in [0, 0.05) is 12.1 Å². The highest BCUT2D eigenvalue weighted by Crippen LogP contribution is 2.49. The monoisotopic (exact) mass is 365 g/mol. The number of rotatable bonds is 4. The van der Waals surface area contributed by atoms with Gasteiger partial charge >= 0.3 is 12.1 Å². The van der Waals surface area contributed by atoms with E-state index in [0.717, 1.165) is 23.8 Å². The van der Waals surface area contributed by atoms with E-state index in [4.69, 9.17) is 0 Å². The van der Waals surface area contributed by atoms with Crippen LogP contribution in [0.3, 0.4) is 0 Å². The van der Waals surface area contributed by atoms with Crippen molar-refractivity contribution < 1.29 is 28.0 Å². The summed E-state index contributed by atoms with van der Waals surface area (Å²) in [4.78, 5) is 21.7. The lowest BCUT2D eigenvalue weighted by molar-refractivity contribution is -0.384. The number of halogens is 3. The molecule has 136 valence electrons. The van der Waals surface area contributed by atoms with Crippen LogP contribution in [-0.4, -0.2) is 16.0 Å². The van der Waals surface area contributed by atoms with Gasteiger partial charge in [-0.2, -0.15) is 13.2 Å². The molecule has 0 bridgehead atoms. The highest BCUT2D eigenvalue weighted by atomic mass is 19.4. The maximum atomic E-state index is 12.6. The second-order valence-electron chi connectivity index (χ2n) is 6.32. The van der Waals surface area contributed by atoms with Crippen LogP contribution in [0.25, 0.3) is 0 Å². The zero-order valence-electron chi connectivity index (χ0n) is 13.4. The Morgan fingerprint density at radius 3 is 2.19 bits per heavy atom. The Balaban J connectivity index is 1.78. The Hall–Kier alpha value is -2.90. The molecule has 1 saturated carbocycles. The van der Waals surface area contributed by atoms with Crippen molar-refractivity contribution in [1.29, 1.82) is 0 Å². The van der Waals surface area contributed by atoms with Gasteiger partial charge in [0.1, 0.15) is 0 Å². The zero-order valence-corrected chi connectivity index (χ0v) is 13.4. The van der Waals surface area contributed by atoms with Gasteiger partial charge in [0.05, 0.1) is 16.1 Å². The summed E-state index contributed by atoms with van der Waals surface area (Å²) in [5, 5.41) is 20.2. The molecule has 0 aliphatic heterocycles. The van der Waals surface area contributed by atoms with Crippen molar-refractivity contribution in [2.24, 2.45) is 0 Å². The summed E-state index contributed by atoms with van der Waals surface area (Å²) in [7, 11) is 0. The van der Waals surface area contributed by atoms with Crippen LogP contribution in [0.15, 0.2) is 42.5 Å². The van der Waals surface area contributed by atoms with Gasteiger partial charge in [-0.05, 0) is 54.0 Å². The lowest BCUT2D eigenvalue weighted by Gasteiger charge is -2.36. The first-order valence-electron chi connectivity index (χ1n) is 7.85. The second-order valence-corrected chi connectivity index (χ2v) is 6.32. The number of nitrogens with zero attached hydrogens (tertiary/aromatic N) is 1. The molecule has 0 heterocycles. The smallest absolute Gasteiger partial charge is 0.416 e. The zero-order chi connectivity index (χ0) is 19.1. The Morgan fingerprint density at radius 2 is 1.69 bits per heavy atom. The molecule has 0 radical (unpaired) electrons. The lowest BCUT2D eigenvalue weighted by atomic mass is 9.67. The van der Waals surface area contributed by atoms with Gasteiger partial charge in [-0.1, -0.05) is 12.1 Å². The van der Waals surface area contributed by atoms with E-state index in [1.807, 2.05) is 0 Å². The summed E-state index contributed by atoms with van der Waals surface area (Å²) in [5.41, 5.74) is 0.268. The van der Waals surface area contributed by atoms with Crippen LogP contribution in [0.1, 0.15) is 51.7 Å². The number of hydrogen-bond donors (Lipinski definition) is 1. The SMILES string of the molecule is O=C(O)c1ccc([N+](=O)[O-])cc1C1CC(c2ccc(C(F)(F)F)cc2)C1. The Kier molecular flexibility index (Phi) is 4.43. The van der Waals surface area contributed by atoms with Gasteiger partial charge in [-0.15, -0.1) is 0 Å². The predicted octanol–water partition coefficient (Wildman–Crippen LogP) is 4.97. The minimum atomic E-state index is -4.39. The van der Waals surface area contributed by atoms with Crippen LogP contribution in [-0.2, 0) is 6.18 Å². The van der Waals surface area contributed by atoms with E-state index >= 15 is 0 Å². The quantitative estimate of drug-likeness (QED) is 0.612. The molecule has 8 heteroatoms. The van der Waals surface area contributed by atoms with Crippen molar-refractivity contribution in [3.8, 4) is 0 Å². The van der Waals surface area contributed by atoms with E-state index in [9.17, 15) is 33.2 Å². The topological polar surface area (TPSA) is 80.4 Å². The number of nitro groups is 1. The van der Waals surface area contributed by atoms with E-state index < -0.39 is 22.6 Å². The first-order chi connectivity index (χ1) is 12.2. The van der Waals surface area contributed by atoms with Gasteiger partial charge in [-0.3, -0.25) is 10.1 Å². The van der Waals surface area contributed by atoms with E-state index in [0.29, 0.717) is 18.4 Å². The number of hydrogen-bond acceptors (Lipinski definition) is 3. The summed E-state index contributed by atoms with van der Waals surface area (Å²) in [6.07, 6.45) is -3.32. The van der Waals surface area contributed by atoms with Crippen molar-refractivity contribution in [1.82, 2.24) is 0 Å². The molecule has 0 spiro atoms. The molecule has 1 aliphatic carbocycles. The van der Waals surface area contributed by atoms with Crippen molar-refractivity contribution in [2.75, 3.05) is 0 Å². The van der Waals surface area contributed by atoms with Gasteiger partial charge in [0.15, 0.2) is 0 Å². The van der Waals surface area contributed by atoms with Crippen molar-refractivity contribution in [3.63, 3.8) is 0 Å². The number of benzene rings is 2. The van der Waals surface area contributed by atoms with Crippen molar-refractivity contribution in [3.05, 3.63) is 74.8 Å². The van der Waals surface area contributed by atoms with E-state index in [1.54, 1.807) is 0 Å². The Bertz CT molecular complexity index is 856. The molecule has 0 unspecified atom stereocenters. The number of carboxylic acids is 1. The number of carboxylic acid groups (broad SMARTS) is 1. The minimum absolute atomic E-state index is 0.00295. The van der Waals surface area contributed by atoms with Crippen LogP contribution in [0.2, 0.25) is 0 Å². The largest absolute Gasteiger partial charge is 0.478 e. The molecule has 1 fully saturated rings. The van der Waals surface area contributed by atoms with Crippen molar-refractivity contribution in [2.45, 2.75) is 30.9 Å². The van der Waals surface area contributed by atoms with Crippen LogP contribution in [0.5, 0.6) is 0 Å². The molecule has 5 nitrogen and oxygen atoms in total. The molecule has 2 aromatic rings. The van der Waals surface area contributed by atoms with Gasteiger partial charge < -0.3 is 5.11 Å². The Morgan fingerprint density at radius 1 is 1.08 bits per heavy atom. The summed E-state index contributed by atoms with van der Waals surface area (Å²) in [6.45, 7) is 0. The second kappa shape index (κ2) is 6.44. The number of carbonyl (C=O) groups is 1. The molecule has 0 atom stereocenters. The van der Waals surface area contributed by atoms with Crippen molar-refractivity contribution >= 4 is 11.7 Å². The number of nitro benzene ring substituents is 1. The number of aromatic carboxylic acids is 1. The van der Waals surface area contributed by atoms with Crippen LogP contribution < -0.4 is 0 Å². The van der Waals surface area contributed by atoms with E-state index in [-0.39, 0.29) is 23.1 Å². The summed E-state index contributed by atoms with van der Waals surface area (Å²) < 4.78 is 37.8. The maximum Gasteiger partial charge on any atom is 0.416 e. The third-order valence-corrected chi connectivity index (χ3v) is 4.76. The molecular weight excluding hydrogens is 351 g/mol. The third kappa shape index (κ3) is 3.40. The minimum Gasteiger partial charge on any atom is -0.478 e. The fourth-order valence-corrected chi connectivity index (χ4v) is 3.28. The molecule has 26 heavy (non-hydrogen) atoms. The first-order valence-corrected chi connectivity index (χ1v) is 7.85. The van der Waals surface area contributed by atoms with E-state index in [2.05, 4.69) is 0 Å². The van der Waals surface area contributed by atoms with Crippen LogP contribution >= 0.6 is 0 Å². The molecule has 2 aromatic carbocycles. The van der Waals surface area contributed by atoms with Gasteiger partial charge in [0.25, 0.3) is 5.69 Å². The summed E-state index contributed by atoms with van der Waals surface area (Å²) in [5.74, 6) is -1.33. The van der Waals surface area contributed by atoms with Crippen LogP contribution in [0.4, 0.5) is 18.9 Å². The fraction of sp³-hybridized carbons (Fsp3) is 0.278. The molecule has 0 amide bonds. The molecule has 3 rings (SSSR count). The van der Waals surface area contributed by atoms with Crippen LogP contribution in [0, 0.1) is 10.1 Å². The average Bonchev–Trinajstić information content (AvgIpc) is 2.52. The molecule has 0 aromatic heterocycles. The highest BCUT2D eigenvalue weighted by molar-refractivity contribution is 5.90. The summed E-state index contributed by atoms with van der Waals surface area (Å²) >= 11 is 0. The predicted molar refractivity (Wildman–Crippen MR) is 86.2 cm³/mol. The maximum absolute atomic E-state index is 12.6. The molecule has 0 saturated heterocycles. The highest BCUT2D eigenvalue weighted by Gasteiger charge is 2.35. The molecule has 1 N–H and O–H groups in total. The molecule has 1 aliphatic rings. The van der Waals surface area contributed by atoms with Gasteiger partial charge in [0.2, 0.25) is 0 Å². The number of alkyl halides is 3. The fourth-order valence-electron chi connectivity index (χ4n) is 3.28. The first kappa shape index (κ1) is 17.9. The Labute approximate surface area is 146 Å². The molecular formula is C18H14F3NO4. The number of non-ortho nitro benzene ring substituents is 1. The lowest BCUT2D eigenvalue weighted by Crippen LogP contribution is -2.22. The average molecular weight is 365 g/mol. The summed E-state index contributed by atoms with van der Waals surface area (Å²) in [6, 6.07) is 8.55. The third-order valence-electron chi connectivity index (χ3n) is 4.76. The van der Waals surface area contributed by atoms with E-state index in [1.165, 1.54) is 24.3 Å². The standard InChI is InChI=1S/C18H14F3NO4/c19-18(20,21)13-3-1-10(2-4-13)11-7-12(8-11)16-9-14(22(25)26)5-6-15(16)17(23)24/h1-6,9,11-12H,7-8H2,(H,23,24). The normalized spacial score (nSPS) is 19.7.